The molecular formula is C47H32. The Morgan fingerprint density at radius 2 is 0.809 bits per heavy atom. The van der Waals surface area contributed by atoms with E-state index in [4.69, 9.17) is 0 Å². The summed E-state index contributed by atoms with van der Waals surface area (Å²) in [5.41, 5.74) is 10.3. The lowest BCUT2D eigenvalue weighted by atomic mass is 9.85. The summed E-state index contributed by atoms with van der Waals surface area (Å²) in [5.74, 6) is 0. The molecule has 0 amide bonds. The minimum Gasteiger partial charge on any atom is -0.0622 e. The summed E-state index contributed by atoms with van der Waals surface area (Å²) >= 11 is 0. The molecular weight excluding hydrogens is 565 g/mol. The van der Waals surface area contributed by atoms with Gasteiger partial charge in [-0.05, 0) is 94.0 Å². The Kier molecular flexibility index (Phi) is 6.65. The second-order valence-corrected chi connectivity index (χ2v) is 12.4. The van der Waals surface area contributed by atoms with E-state index in [-0.39, 0.29) is 0 Å². The van der Waals surface area contributed by atoms with Gasteiger partial charge in [0.05, 0.1) is 0 Å². The number of rotatable bonds is 5. The van der Waals surface area contributed by atoms with Crippen LogP contribution < -0.4 is 0 Å². The number of fused-ring (bicyclic) bond motifs is 5. The summed E-state index contributed by atoms with van der Waals surface area (Å²) < 4.78 is 0. The van der Waals surface area contributed by atoms with Crippen molar-refractivity contribution in [3.63, 3.8) is 0 Å². The van der Waals surface area contributed by atoms with E-state index < -0.39 is 0 Å². The standard InChI is InChI=1S/C47H32/c1-2-13-32(14-3-1)37-17-6-5-16-36(37)31-46-41-19-8-10-21-44(41)47(45-22-11-9-20-42(45)46)35-27-25-34(26-28-35)39-23-12-24-40-38-18-7-4-15-33(38)29-30-43(39)40/h1-30H,31H2. The third kappa shape index (κ3) is 4.69. The molecule has 0 fully saturated rings. The van der Waals surface area contributed by atoms with Crippen molar-refractivity contribution in [2.75, 3.05) is 0 Å². The fourth-order valence-electron chi connectivity index (χ4n) is 7.59. The summed E-state index contributed by atoms with van der Waals surface area (Å²) in [5, 5.41) is 10.4. The van der Waals surface area contributed by atoms with Gasteiger partial charge in [0.1, 0.15) is 0 Å². The molecule has 9 aromatic carbocycles. The number of benzene rings is 9. The zero-order valence-electron chi connectivity index (χ0n) is 26.0. The second-order valence-electron chi connectivity index (χ2n) is 12.4. The monoisotopic (exact) mass is 596 g/mol. The van der Waals surface area contributed by atoms with Gasteiger partial charge in [-0.1, -0.05) is 182 Å². The molecule has 0 bridgehead atoms. The van der Waals surface area contributed by atoms with Crippen molar-refractivity contribution in [2.24, 2.45) is 0 Å². The molecule has 0 heterocycles. The summed E-state index contributed by atoms with van der Waals surface area (Å²) in [6.07, 6.45) is 0.862. The molecule has 0 saturated heterocycles. The number of hydrogen-bond acceptors (Lipinski definition) is 0. The van der Waals surface area contributed by atoms with Crippen molar-refractivity contribution in [3.05, 3.63) is 193 Å². The smallest absolute Gasteiger partial charge is 0.000728 e. The minimum atomic E-state index is 0.862. The highest BCUT2D eigenvalue weighted by Gasteiger charge is 2.17. The van der Waals surface area contributed by atoms with Gasteiger partial charge in [-0.2, -0.15) is 0 Å². The Labute approximate surface area is 275 Å². The fraction of sp³-hybridized carbons (Fsp3) is 0.0213. The van der Waals surface area contributed by atoms with E-state index in [2.05, 4.69) is 182 Å². The van der Waals surface area contributed by atoms with E-state index in [9.17, 15) is 0 Å². The Morgan fingerprint density at radius 3 is 1.55 bits per heavy atom. The molecule has 0 nitrogen and oxygen atoms in total. The molecule has 0 spiro atoms. The van der Waals surface area contributed by atoms with Gasteiger partial charge in [-0.15, -0.1) is 0 Å². The quantitative estimate of drug-likeness (QED) is 0.137. The van der Waals surface area contributed by atoms with Gasteiger partial charge < -0.3 is 0 Å². The maximum atomic E-state index is 2.31. The largest absolute Gasteiger partial charge is 0.0622 e. The normalized spacial score (nSPS) is 11.5. The van der Waals surface area contributed by atoms with Crippen LogP contribution in [0.15, 0.2) is 182 Å². The Bertz CT molecular complexity index is 2520. The lowest BCUT2D eigenvalue weighted by Gasteiger charge is -2.19. The van der Waals surface area contributed by atoms with Crippen LogP contribution in [0.3, 0.4) is 0 Å². The predicted octanol–water partition coefficient (Wildman–Crippen LogP) is 12.9. The molecule has 0 unspecified atom stereocenters. The van der Waals surface area contributed by atoms with Crippen LogP contribution in [-0.4, -0.2) is 0 Å². The topological polar surface area (TPSA) is 0 Å². The van der Waals surface area contributed by atoms with E-state index in [0.29, 0.717) is 0 Å². The van der Waals surface area contributed by atoms with Gasteiger partial charge in [0.15, 0.2) is 0 Å². The van der Waals surface area contributed by atoms with E-state index in [1.54, 1.807) is 0 Å². The van der Waals surface area contributed by atoms with Gasteiger partial charge in [-0.3, -0.25) is 0 Å². The zero-order valence-corrected chi connectivity index (χ0v) is 26.0. The predicted molar refractivity (Wildman–Crippen MR) is 202 cm³/mol. The van der Waals surface area contributed by atoms with Crippen molar-refractivity contribution >= 4 is 43.1 Å². The summed E-state index contributed by atoms with van der Waals surface area (Å²) in [4.78, 5) is 0. The SMILES string of the molecule is c1ccc(-c2ccccc2Cc2c3ccccc3c(-c3ccc(-c4cccc5c4ccc4ccccc45)cc3)c3ccccc23)cc1. The van der Waals surface area contributed by atoms with Crippen molar-refractivity contribution < 1.29 is 0 Å². The molecule has 0 radical (unpaired) electrons. The Balaban J connectivity index is 1.19. The van der Waals surface area contributed by atoms with E-state index >= 15 is 0 Å². The maximum Gasteiger partial charge on any atom is -0.000728 e. The fourth-order valence-corrected chi connectivity index (χ4v) is 7.59. The Morgan fingerprint density at radius 1 is 0.277 bits per heavy atom. The van der Waals surface area contributed by atoms with Crippen LogP contribution in [-0.2, 0) is 6.42 Å². The summed E-state index contributed by atoms with van der Waals surface area (Å²) in [6, 6.07) is 66.6. The second kappa shape index (κ2) is 11.4. The zero-order chi connectivity index (χ0) is 31.2. The highest BCUT2D eigenvalue weighted by Crippen LogP contribution is 2.42. The molecule has 0 N–H and O–H groups in total. The molecule has 47 heavy (non-hydrogen) atoms. The van der Waals surface area contributed by atoms with Crippen LogP contribution in [0.1, 0.15) is 11.1 Å². The lowest BCUT2D eigenvalue weighted by molar-refractivity contribution is 1.23. The minimum absolute atomic E-state index is 0.862. The lowest BCUT2D eigenvalue weighted by Crippen LogP contribution is -1.97. The molecule has 0 aliphatic heterocycles. The Hall–Kier alpha value is -5.98. The van der Waals surface area contributed by atoms with Crippen LogP contribution in [0.5, 0.6) is 0 Å². The number of hydrogen-bond donors (Lipinski definition) is 0. The summed E-state index contributed by atoms with van der Waals surface area (Å²) in [7, 11) is 0. The van der Waals surface area contributed by atoms with Crippen molar-refractivity contribution in [1.82, 2.24) is 0 Å². The van der Waals surface area contributed by atoms with E-state index in [1.165, 1.54) is 87.6 Å². The van der Waals surface area contributed by atoms with Crippen LogP contribution >= 0.6 is 0 Å². The average Bonchev–Trinajstić information content (AvgIpc) is 3.15. The molecule has 0 aromatic heterocycles. The van der Waals surface area contributed by atoms with Gasteiger partial charge in [0.2, 0.25) is 0 Å². The molecule has 0 aliphatic rings. The third-order valence-electron chi connectivity index (χ3n) is 9.78. The summed E-state index contributed by atoms with van der Waals surface area (Å²) in [6.45, 7) is 0. The van der Waals surface area contributed by atoms with Gasteiger partial charge in [-0.25, -0.2) is 0 Å². The van der Waals surface area contributed by atoms with Crippen LogP contribution in [0.4, 0.5) is 0 Å². The first-order valence-electron chi connectivity index (χ1n) is 16.4. The molecule has 0 saturated carbocycles. The highest BCUT2D eigenvalue weighted by atomic mass is 14.2. The first-order valence-corrected chi connectivity index (χ1v) is 16.4. The first kappa shape index (κ1) is 27.3. The van der Waals surface area contributed by atoms with Crippen molar-refractivity contribution in [1.29, 1.82) is 0 Å². The van der Waals surface area contributed by atoms with Crippen molar-refractivity contribution in [3.8, 4) is 33.4 Å². The van der Waals surface area contributed by atoms with Gasteiger partial charge in [0.25, 0.3) is 0 Å². The molecule has 9 rings (SSSR count). The van der Waals surface area contributed by atoms with E-state index in [1.807, 2.05) is 0 Å². The van der Waals surface area contributed by atoms with Crippen LogP contribution in [0, 0.1) is 0 Å². The molecule has 0 atom stereocenters. The average molecular weight is 597 g/mol. The van der Waals surface area contributed by atoms with E-state index in [0.717, 1.165) is 6.42 Å². The molecule has 220 valence electrons. The highest BCUT2D eigenvalue weighted by molar-refractivity contribution is 6.16. The molecule has 0 heteroatoms. The van der Waals surface area contributed by atoms with Gasteiger partial charge in [0, 0.05) is 0 Å². The third-order valence-corrected chi connectivity index (χ3v) is 9.78. The maximum absolute atomic E-state index is 2.31. The molecule has 0 aliphatic carbocycles. The first-order chi connectivity index (χ1) is 23.3. The van der Waals surface area contributed by atoms with Crippen LogP contribution in [0.2, 0.25) is 0 Å². The molecule has 9 aromatic rings. The van der Waals surface area contributed by atoms with Crippen LogP contribution in [0.25, 0.3) is 76.5 Å². The van der Waals surface area contributed by atoms with Crippen molar-refractivity contribution in [2.45, 2.75) is 6.42 Å². The van der Waals surface area contributed by atoms with Gasteiger partial charge >= 0.3 is 0 Å².